The largest absolute Gasteiger partial charge is 0.502 e. The summed E-state index contributed by atoms with van der Waals surface area (Å²) in [5, 5.41) is 19.3. The first-order valence-corrected chi connectivity index (χ1v) is 5.32. The van der Waals surface area contributed by atoms with E-state index in [9.17, 15) is 19.8 Å². The van der Waals surface area contributed by atoms with Crippen LogP contribution in [0.5, 0.6) is 11.5 Å². The molecule has 0 saturated heterocycles. The molecule has 0 saturated carbocycles. The summed E-state index contributed by atoms with van der Waals surface area (Å²) in [7, 11) is 0. The Balaban J connectivity index is 2.74. The molecule has 0 radical (unpaired) electrons. The van der Waals surface area contributed by atoms with Gasteiger partial charge < -0.3 is 14.6 Å². The predicted molar refractivity (Wildman–Crippen MR) is 62.4 cm³/mol. The molecule has 0 unspecified atom stereocenters. The number of nitrogens with zero attached hydrogens (tertiary/aromatic N) is 1. The van der Waals surface area contributed by atoms with E-state index in [-0.39, 0.29) is 17.2 Å². The number of aromatic hydroxyl groups is 2. The molecule has 0 bridgehead atoms. The summed E-state index contributed by atoms with van der Waals surface area (Å²) in [6.45, 7) is 3.23. The van der Waals surface area contributed by atoms with E-state index in [1.807, 2.05) is 0 Å². The van der Waals surface area contributed by atoms with E-state index in [0.717, 1.165) is 4.57 Å². The summed E-state index contributed by atoms with van der Waals surface area (Å²) in [5.74, 6) is -0.976. The minimum Gasteiger partial charge on any atom is -0.502 e. The third-order valence-electron chi connectivity index (χ3n) is 2.57. The molecule has 0 aliphatic heterocycles. The fourth-order valence-corrected chi connectivity index (χ4v) is 1.57. The van der Waals surface area contributed by atoms with Gasteiger partial charge in [-0.15, -0.1) is 0 Å². The standard InChI is InChI=1S/C11H12N2O5/c1-3-6-7(14)8(15)10(18-6)13-4-5(2)9(16)12-11(13)17/h4,14-15H,3H2,1-2H3,(H,12,16,17). The van der Waals surface area contributed by atoms with Crippen LogP contribution in [0.4, 0.5) is 0 Å². The maximum absolute atomic E-state index is 11.6. The number of aromatic amines is 1. The van der Waals surface area contributed by atoms with Crippen molar-refractivity contribution in [3.05, 3.63) is 38.4 Å². The number of aromatic nitrogens is 2. The molecule has 0 spiro atoms. The highest BCUT2D eigenvalue weighted by molar-refractivity contribution is 5.51. The highest BCUT2D eigenvalue weighted by Gasteiger charge is 2.20. The first-order valence-electron chi connectivity index (χ1n) is 5.32. The van der Waals surface area contributed by atoms with Gasteiger partial charge in [0.15, 0.2) is 5.76 Å². The molecule has 7 nitrogen and oxygen atoms in total. The molecule has 2 heterocycles. The molecule has 0 fully saturated rings. The van der Waals surface area contributed by atoms with E-state index in [1.54, 1.807) is 6.92 Å². The van der Waals surface area contributed by atoms with Crippen LogP contribution in [-0.2, 0) is 6.42 Å². The average molecular weight is 252 g/mol. The lowest BCUT2D eigenvalue weighted by molar-refractivity contribution is 0.402. The first kappa shape index (κ1) is 12.0. The normalized spacial score (nSPS) is 10.8. The summed E-state index contributed by atoms with van der Waals surface area (Å²) < 4.78 is 6.13. The summed E-state index contributed by atoms with van der Waals surface area (Å²) >= 11 is 0. The van der Waals surface area contributed by atoms with Crippen LogP contribution in [0.15, 0.2) is 20.2 Å². The third kappa shape index (κ3) is 1.69. The van der Waals surface area contributed by atoms with E-state index in [2.05, 4.69) is 4.98 Å². The van der Waals surface area contributed by atoms with Crippen molar-refractivity contribution < 1.29 is 14.6 Å². The summed E-state index contributed by atoms with van der Waals surface area (Å²) in [6, 6.07) is 0. The van der Waals surface area contributed by atoms with Crippen molar-refractivity contribution in [1.29, 1.82) is 0 Å². The highest BCUT2D eigenvalue weighted by atomic mass is 16.4. The molecular formula is C11H12N2O5. The van der Waals surface area contributed by atoms with Crippen LogP contribution in [0.2, 0.25) is 0 Å². The molecule has 2 aromatic rings. The Morgan fingerprint density at radius 2 is 2.00 bits per heavy atom. The van der Waals surface area contributed by atoms with Gasteiger partial charge in [-0.1, -0.05) is 6.92 Å². The molecular weight excluding hydrogens is 240 g/mol. The van der Waals surface area contributed by atoms with E-state index < -0.39 is 22.7 Å². The monoisotopic (exact) mass is 252 g/mol. The highest BCUT2D eigenvalue weighted by Crippen LogP contribution is 2.37. The number of aryl methyl sites for hydroxylation is 2. The number of furan rings is 1. The van der Waals surface area contributed by atoms with Crippen molar-refractivity contribution >= 4 is 0 Å². The van der Waals surface area contributed by atoms with Gasteiger partial charge in [-0.05, 0) is 6.92 Å². The SMILES string of the molecule is CCc1oc(-n2cc(C)c(=O)[nH]c2=O)c(O)c1O. The molecule has 7 heteroatoms. The van der Waals surface area contributed by atoms with Gasteiger partial charge in [0.1, 0.15) is 0 Å². The Morgan fingerprint density at radius 3 is 2.56 bits per heavy atom. The lowest BCUT2D eigenvalue weighted by Gasteiger charge is -2.02. The molecule has 96 valence electrons. The summed E-state index contributed by atoms with van der Waals surface area (Å²) in [4.78, 5) is 24.9. The minimum atomic E-state index is -0.752. The zero-order valence-electron chi connectivity index (χ0n) is 9.85. The molecule has 3 N–H and O–H groups in total. The molecule has 2 aromatic heterocycles. The van der Waals surface area contributed by atoms with E-state index in [4.69, 9.17) is 4.42 Å². The van der Waals surface area contributed by atoms with Crippen LogP contribution in [0.1, 0.15) is 18.2 Å². The van der Waals surface area contributed by atoms with E-state index >= 15 is 0 Å². The second-order valence-electron chi connectivity index (χ2n) is 3.82. The average Bonchev–Trinajstić information content (AvgIpc) is 2.61. The summed E-state index contributed by atoms with van der Waals surface area (Å²) in [5.41, 5.74) is -0.984. The van der Waals surface area contributed by atoms with Gasteiger partial charge in [0.05, 0.1) is 0 Å². The third-order valence-corrected chi connectivity index (χ3v) is 2.57. The fourth-order valence-electron chi connectivity index (χ4n) is 1.57. The van der Waals surface area contributed by atoms with Crippen LogP contribution in [0.3, 0.4) is 0 Å². The molecule has 0 amide bonds. The van der Waals surface area contributed by atoms with Crippen molar-refractivity contribution in [2.75, 3.05) is 0 Å². The van der Waals surface area contributed by atoms with E-state index in [1.165, 1.54) is 13.1 Å². The quantitative estimate of drug-likeness (QED) is 0.716. The number of hydrogen-bond donors (Lipinski definition) is 3. The predicted octanol–water partition coefficient (Wildman–Crippen LogP) is 0.401. The Bertz CT molecular complexity index is 707. The maximum atomic E-state index is 11.6. The smallest absolute Gasteiger partial charge is 0.335 e. The lowest BCUT2D eigenvalue weighted by Crippen LogP contribution is -2.29. The van der Waals surface area contributed by atoms with Crippen molar-refractivity contribution in [1.82, 2.24) is 9.55 Å². The van der Waals surface area contributed by atoms with Crippen LogP contribution < -0.4 is 11.2 Å². The van der Waals surface area contributed by atoms with Gasteiger partial charge in [0.25, 0.3) is 11.4 Å². The van der Waals surface area contributed by atoms with Crippen molar-refractivity contribution in [3.63, 3.8) is 0 Å². The molecule has 0 atom stereocenters. The van der Waals surface area contributed by atoms with Crippen molar-refractivity contribution in [2.24, 2.45) is 0 Å². The van der Waals surface area contributed by atoms with Crippen LogP contribution >= 0.6 is 0 Å². The number of hydrogen-bond acceptors (Lipinski definition) is 5. The van der Waals surface area contributed by atoms with Gasteiger partial charge in [-0.2, -0.15) is 0 Å². The Morgan fingerprint density at radius 1 is 1.33 bits per heavy atom. The molecule has 0 aromatic carbocycles. The second-order valence-corrected chi connectivity index (χ2v) is 3.82. The van der Waals surface area contributed by atoms with Gasteiger partial charge >= 0.3 is 5.69 Å². The first-order chi connectivity index (χ1) is 8.45. The lowest BCUT2D eigenvalue weighted by atomic mass is 10.3. The number of rotatable bonds is 2. The second kappa shape index (κ2) is 4.10. The zero-order valence-corrected chi connectivity index (χ0v) is 9.85. The van der Waals surface area contributed by atoms with E-state index in [0.29, 0.717) is 6.42 Å². The number of nitrogens with one attached hydrogen (secondary N) is 1. The Labute approximate surface area is 101 Å². The molecule has 0 aliphatic rings. The van der Waals surface area contributed by atoms with Crippen molar-refractivity contribution in [2.45, 2.75) is 20.3 Å². The van der Waals surface area contributed by atoms with Gasteiger partial charge in [-0.3, -0.25) is 9.78 Å². The fraction of sp³-hybridized carbons (Fsp3) is 0.273. The minimum absolute atomic E-state index is 0.165. The van der Waals surface area contributed by atoms with Crippen LogP contribution in [0, 0.1) is 6.92 Å². The number of H-pyrrole nitrogens is 1. The van der Waals surface area contributed by atoms with Gasteiger partial charge in [0, 0.05) is 18.2 Å². The summed E-state index contributed by atoms with van der Waals surface area (Å²) in [6.07, 6.45) is 1.59. The van der Waals surface area contributed by atoms with Crippen molar-refractivity contribution in [3.8, 4) is 17.4 Å². The van der Waals surface area contributed by atoms with Crippen LogP contribution in [-0.4, -0.2) is 19.8 Å². The molecule has 0 aliphatic carbocycles. The Kier molecular flexibility index (Phi) is 2.74. The molecule has 2 rings (SSSR count). The van der Waals surface area contributed by atoms with Gasteiger partial charge in [0.2, 0.25) is 11.5 Å². The molecule has 18 heavy (non-hydrogen) atoms. The zero-order chi connectivity index (χ0) is 13.4. The Hall–Kier alpha value is -2.44. The maximum Gasteiger partial charge on any atom is 0.335 e. The topological polar surface area (TPSA) is 108 Å². The van der Waals surface area contributed by atoms with Gasteiger partial charge in [-0.25, -0.2) is 9.36 Å². The van der Waals surface area contributed by atoms with Crippen LogP contribution in [0.25, 0.3) is 5.88 Å².